The molecule has 1 aromatic rings. The van der Waals surface area contributed by atoms with Crippen LogP contribution in [0.1, 0.15) is 38.1 Å². The Bertz CT molecular complexity index is 321. The van der Waals surface area contributed by atoms with Gasteiger partial charge in [-0.2, -0.15) is 5.10 Å². The number of nitrogens with zero attached hydrogens (tertiary/aromatic N) is 2. The van der Waals surface area contributed by atoms with E-state index in [2.05, 4.69) is 32.6 Å². The van der Waals surface area contributed by atoms with Gasteiger partial charge in [-0.05, 0) is 56.0 Å². The summed E-state index contributed by atoms with van der Waals surface area (Å²) >= 11 is 9.52. The first-order valence-electron chi connectivity index (χ1n) is 5.42. The lowest BCUT2D eigenvalue weighted by Gasteiger charge is -2.06. The van der Waals surface area contributed by atoms with Gasteiger partial charge in [-0.25, -0.2) is 0 Å². The normalized spacial score (nSPS) is 13.1. The zero-order chi connectivity index (χ0) is 11.4. The van der Waals surface area contributed by atoms with Crippen molar-refractivity contribution in [3.05, 3.63) is 15.9 Å². The molecule has 4 heteroatoms. The van der Waals surface area contributed by atoms with Crippen LogP contribution in [0.25, 0.3) is 0 Å². The molecule has 0 aliphatic carbocycles. The average molecular weight is 294 g/mol. The van der Waals surface area contributed by atoms with E-state index in [9.17, 15) is 0 Å². The van der Waals surface area contributed by atoms with Crippen LogP contribution >= 0.6 is 27.5 Å². The van der Waals surface area contributed by atoms with Crippen molar-refractivity contribution in [3.8, 4) is 0 Å². The third kappa shape index (κ3) is 3.49. The van der Waals surface area contributed by atoms with E-state index in [1.807, 2.05) is 13.8 Å². The minimum Gasteiger partial charge on any atom is -0.268 e. The van der Waals surface area contributed by atoms with Gasteiger partial charge in [-0.15, -0.1) is 11.6 Å². The van der Waals surface area contributed by atoms with Gasteiger partial charge < -0.3 is 0 Å². The van der Waals surface area contributed by atoms with Crippen molar-refractivity contribution in [2.75, 3.05) is 0 Å². The summed E-state index contributed by atoms with van der Waals surface area (Å²) in [5.41, 5.74) is 2.37. The van der Waals surface area contributed by atoms with Crippen LogP contribution in [0.3, 0.4) is 0 Å². The largest absolute Gasteiger partial charge is 0.268 e. The summed E-state index contributed by atoms with van der Waals surface area (Å²) < 4.78 is 3.23. The van der Waals surface area contributed by atoms with Gasteiger partial charge in [-0.3, -0.25) is 4.68 Å². The number of aromatic nitrogens is 2. The molecule has 0 aliphatic rings. The lowest BCUT2D eigenvalue weighted by molar-refractivity contribution is 0.596. The molecular formula is C11H18BrClN2. The summed E-state index contributed by atoms with van der Waals surface area (Å²) in [5, 5.41) is 4.73. The quantitative estimate of drug-likeness (QED) is 0.752. The van der Waals surface area contributed by atoms with E-state index < -0.39 is 0 Å². The predicted molar refractivity (Wildman–Crippen MR) is 68.6 cm³/mol. The molecule has 1 heterocycles. The molecule has 1 atom stereocenters. The Morgan fingerprint density at radius 3 is 2.73 bits per heavy atom. The number of alkyl halides is 1. The maximum absolute atomic E-state index is 5.93. The first-order chi connectivity index (χ1) is 7.06. The average Bonchev–Trinajstić information content (AvgIpc) is 2.44. The molecule has 0 aliphatic heterocycles. The number of aryl methyl sites for hydroxylation is 2. The van der Waals surface area contributed by atoms with Crippen LogP contribution in [0.5, 0.6) is 0 Å². The van der Waals surface area contributed by atoms with Crippen LogP contribution in [0.4, 0.5) is 0 Å². The number of hydrogen-bond acceptors (Lipinski definition) is 1. The fourth-order valence-corrected chi connectivity index (χ4v) is 2.30. The minimum absolute atomic E-state index is 0.267. The van der Waals surface area contributed by atoms with E-state index in [0.29, 0.717) is 0 Å². The highest BCUT2D eigenvalue weighted by molar-refractivity contribution is 9.10. The van der Waals surface area contributed by atoms with E-state index in [-0.39, 0.29) is 5.38 Å². The second-order valence-electron chi connectivity index (χ2n) is 3.83. The van der Waals surface area contributed by atoms with Crippen molar-refractivity contribution in [1.82, 2.24) is 9.78 Å². The number of hydrogen-bond donors (Lipinski definition) is 0. The molecule has 0 bridgehead atoms. The van der Waals surface area contributed by atoms with Crippen LogP contribution < -0.4 is 0 Å². The van der Waals surface area contributed by atoms with Gasteiger partial charge >= 0.3 is 0 Å². The predicted octanol–water partition coefficient (Wildman–Crippen LogP) is 3.92. The fourth-order valence-electron chi connectivity index (χ4n) is 1.66. The molecule has 0 radical (unpaired) electrons. The standard InChI is InChI=1S/C11H18BrClN2/c1-4-15-10(7-5-6-8(2)13)11(12)9(3)14-15/h8H,4-7H2,1-3H3. The summed E-state index contributed by atoms with van der Waals surface area (Å²) in [6.07, 6.45) is 3.22. The molecule has 86 valence electrons. The summed E-state index contributed by atoms with van der Waals surface area (Å²) in [5.74, 6) is 0. The van der Waals surface area contributed by atoms with Crippen molar-refractivity contribution >= 4 is 27.5 Å². The van der Waals surface area contributed by atoms with Crippen molar-refractivity contribution in [2.24, 2.45) is 0 Å². The number of rotatable bonds is 5. The highest BCUT2D eigenvalue weighted by Crippen LogP contribution is 2.23. The molecule has 0 saturated carbocycles. The minimum atomic E-state index is 0.267. The summed E-state index contributed by atoms with van der Waals surface area (Å²) in [6, 6.07) is 0. The van der Waals surface area contributed by atoms with E-state index in [4.69, 9.17) is 11.6 Å². The monoisotopic (exact) mass is 292 g/mol. The topological polar surface area (TPSA) is 17.8 Å². The third-order valence-corrected chi connectivity index (χ3v) is 3.72. The van der Waals surface area contributed by atoms with Crippen molar-refractivity contribution in [2.45, 2.75) is 52.0 Å². The lowest BCUT2D eigenvalue weighted by Crippen LogP contribution is -2.04. The van der Waals surface area contributed by atoms with E-state index in [1.165, 1.54) is 5.69 Å². The molecule has 1 unspecified atom stereocenters. The molecule has 15 heavy (non-hydrogen) atoms. The Morgan fingerprint density at radius 2 is 2.20 bits per heavy atom. The molecule has 0 aromatic carbocycles. The Balaban J connectivity index is 2.66. The first-order valence-corrected chi connectivity index (χ1v) is 6.65. The Morgan fingerprint density at radius 1 is 1.53 bits per heavy atom. The zero-order valence-electron chi connectivity index (χ0n) is 9.56. The van der Waals surface area contributed by atoms with Crippen LogP contribution in [-0.4, -0.2) is 15.2 Å². The molecular weight excluding hydrogens is 275 g/mol. The first kappa shape index (κ1) is 13.0. The van der Waals surface area contributed by atoms with Gasteiger partial charge in [0.05, 0.1) is 15.9 Å². The molecule has 0 saturated heterocycles. The number of halogens is 2. The fraction of sp³-hybridized carbons (Fsp3) is 0.727. The molecule has 2 nitrogen and oxygen atoms in total. The summed E-state index contributed by atoms with van der Waals surface area (Å²) in [6.45, 7) is 7.12. The maximum Gasteiger partial charge on any atom is 0.0738 e. The van der Waals surface area contributed by atoms with Crippen LogP contribution in [0.2, 0.25) is 0 Å². The van der Waals surface area contributed by atoms with Crippen LogP contribution in [0.15, 0.2) is 4.47 Å². The summed E-state index contributed by atoms with van der Waals surface area (Å²) in [7, 11) is 0. The van der Waals surface area contributed by atoms with Gasteiger partial charge in [0.25, 0.3) is 0 Å². The third-order valence-electron chi connectivity index (χ3n) is 2.47. The van der Waals surface area contributed by atoms with Crippen molar-refractivity contribution < 1.29 is 0 Å². The van der Waals surface area contributed by atoms with Crippen molar-refractivity contribution in [1.29, 1.82) is 0 Å². The van der Waals surface area contributed by atoms with Crippen molar-refractivity contribution in [3.63, 3.8) is 0 Å². The van der Waals surface area contributed by atoms with Gasteiger partial charge in [-0.1, -0.05) is 0 Å². The molecule has 0 spiro atoms. The highest BCUT2D eigenvalue weighted by atomic mass is 79.9. The Hall–Kier alpha value is -0.0200. The highest BCUT2D eigenvalue weighted by Gasteiger charge is 2.11. The van der Waals surface area contributed by atoms with E-state index in [0.717, 1.165) is 36.0 Å². The van der Waals surface area contributed by atoms with Gasteiger partial charge in [0.15, 0.2) is 0 Å². The second-order valence-corrected chi connectivity index (χ2v) is 5.37. The van der Waals surface area contributed by atoms with Crippen LogP contribution in [0, 0.1) is 6.92 Å². The van der Waals surface area contributed by atoms with Gasteiger partial charge in [0.1, 0.15) is 0 Å². The summed E-state index contributed by atoms with van der Waals surface area (Å²) in [4.78, 5) is 0. The zero-order valence-corrected chi connectivity index (χ0v) is 11.9. The smallest absolute Gasteiger partial charge is 0.0738 e. The maximum atomic E-state index is 5.93. The SMILES string of the molecule is CCn1nc(C)c(Br)c1CCCC(C)Cl. The molecule has 0 N–H and O–H groups in total. The molecule has 0 fully saturated rings. The van der Waals surface area contributed by atoms with Gasteiger partial charge in [0.2, 0.25) is 0 Å². The lowest BCUT2D eigenvalue weighted by atomic mass is 10.1. The second kappa shape index (κ2) is 5.90. The molecule has 1 rings (SSSR count). The van der Waals surface area contributed by atoms with Gasteiger partial charge in [0, 0.05) is 11.9 Å². The molecule has 1 aromatic heterocycles. The van der Waals surface area contributed by atoms with E-state index in [1.54, 1.807) is 0 Å². The molecule has 0 amide bonds. The van der Waals surface area contributed by atoms with E-state index >= 15 is 0 Å². The Kier molecular flexibility index (Phi) is 5.13. The van der Waals surface area contributed by atoms with Crippen LogP contribution in [-0.2, 0) is 13.0 Å². The Labute approximate surface area is 105 Å².